The third kappa shape index (κ3) is 4.71. The van der Waals surface area contributed by atoms with Crippen LogP contribution in [0.1, 0.15) is 24.0 Å². The molecule has 8 nitrogen and oxygen atoms in total. The normalized spacial score (nSPS) is 16.3. The van der Waals surface area contributed by atoms with E-state index in [9.17, 15) is 16.8 Å². The maximum Gasteiger partial charge on any atom is 0.241 e. The minimum atomic E-state index is -3.87. The van der Waals surface area contributed by atoms with E-state index in [0.717, 1.165) is 6.42 Å². The number of sulfonamides is 2. The van der Waals surface area contributed by atoms with Crippen molar-refractivity contribution < 1.29 is 26.3 Å². The van der Waals surface area contributed by atoms with E-state index in [1.165, 1.54) is 24.6 Å². The van der Waals surface area contributed by atoms with Crippen LogP contribution in [-0.4, -0.2) is 43.4 Å². The summed E-state index contributed by atoms with van der Waals surface area (Å²) in [6.45, 7) is 2.08. The topological polar surface area (TPSA) is 102 Å². The SMILES string of the molecule is COc1ccc(CNS(=O)(=O)c2cc(N3CCCCS3(=O)=O)ccc2C)cc1OC. The number of benzene rings is 2. The number of ether oxygens (including phenoxy) is 2. The quantitative estimate of drug-likeness (QED) is 0.689. The molecule has 0 aromatic heterocycles. The van der Waals surface area contributed by atoms with E-state index in [-0.39, 0.29) is 17.2 Å². The molecule has 0 atom stereocenters. The molecule has 1 fully saturated rings. The molecule has 2 aromatic carbocycles. The molecular formula is C20H26N2O6S2. The average molecular weight is 455 g/mol. The molecular weight excluding hydrogens is 428 g/mol. The van der Waals surface area contributed by atoms with Crippen LogP contribution < -0.4 is 18.5 Å². The molecule has 1 heterocycles. The zero-order valence-electron chi connectivity index (χ0n) is 17.2. The molecule has 3 rings (SSSR count). The lowest BCUT2D eigenvalue weighted by molar-refractivity contribution is 0.354. The lowest BCUT2D eigenvalue weighted by Crippen LogP contribution is -2.38. The molecule has 0 spiro atoms. The smallest absolute Gasteiger partial charge is 0.241 e. The fourth-order valence-corrected chi connectivity index (χ4v) is 6.27. The van der Waals surface area contributed by atoms with Gasteiger partial charge in [0.15, 0.2) is 11.5 Å². The van der Waals surface area contributed by atoms with E-state index in [0.29, 0.717) is 41.3 Å². The second kappa shape index (κ2) is 8.83. The number of hydrogen-bond donors (Lipinski definition) is 1. The van der Waals surface area contributed by atoms with Crippen molar-refractivity contribution in [3.63, 3.8) is 0 Å². The summed E-state index contributed by atoms with van der Waals surface area (Å²) in [5, 5.41) is 0. The molecule has 1 N–H and O–H groups in total. The van der Waals surface area contributed by atoms with Crippen LogP contribution in [0.4, 0.5) is 5.69 Å². The lowest BCUT2D eigenvalue weighted by Gasteiger charge is -2.28. The van der Waals surface area contributed by atoms with Crippen molar-refractivity contribution in [2.75, 3.05) is 30.8 Å². The predicted molar refractivity (Wildman–Crippen MR) is 115 cm³/mol. The highest BCUT2D eigenvalue weighted by Gasteiger charge is 2.27. The molecule has 0 bridgehead atoms. The highest BCUT2D eigenvalue weighted by atomic mass is 32.2. The highest BCUT2D eigenvalue weighted by molar-refractivity contribution is 7.92. The summed E-state index contributed by atoms with van der Waals surface area (Å²) in [5.74, 6) is 1.12. The Labute approximate surface area is 177 Å². The number of methoxy groups -OCH3 is 2. The van der Waals surface area contributed by atoms with Crippen molar-refractivity contribution in [1.29, 1.82) is 0 Å². The molecule has 2 aromatic rings. The summed E-state index contributed by atoms with van der Waals surface area (Å²) < 4.78 is 65.0. The standard InChI is InChI=1S/C20H26N2O6S2/c1-15-6-8-17(22-10-4-5-11-29(22,23)24)13-20(15)30(25,26)21-14-16-7-9-18(27-2)19(12-16)28-3/h6-9,12-13,21H,4-5,10-11,14H2,1-3H3. The minimum Gasteiger partial charge on any atom is -0.493 e. The van der Waals surface area contributed by atoms with Gasteiger partial charge < -0.3 is 9.47 Å². The van der Waals surface area contributed by atoms with Gasteiger partial charge in [0.1, 0.15) is 0 Å². The van der Waals surface area contributed by atoms with Crippen LogP contribution >= 0.6 is 0 Å². The predicted octanol–water partition coefficient (Wildman–Crippen LogP) is 2.42. The van der Waals surface area contributed by atoms with Gasteiger partial charge in [-0.2, -0.15) is 0 Å². The van der Waals surface area contributed by atoms with Gasteiger partial charge in [-0.05, 0) is 55.2 Å². The number of hydrogen-bond acceptors (Lipinski definition) is 6. The molecule has 164 valence electrons. The zero-order valence-corrected chi connectivity index (χ0v) is 18.8. The van der Waals surface area contributed by atoms with Gasteiger partial charge in [-0.15, -0.1) is 0 Å². The molecule has 1 aliphatic rings. The summed E-state index contributed by atoms with van der Waals surface area (Å²) in [7, 11) is -4.26. The molecule has 0 amide bonds. The van der Waals surface area contributed by atoms with Crippen molar-refractivity contribution in [3.05, 3.63) is 47.5 Å². The molecule has 10 heteroatoms. The van der Waals surface area contributed by atoms with Crippen molar-refractivity contribution in [2.45, 2.75) is 31.2 Å². The lowest BCUT2D eigenvalue weighted by atomic mass is 10.2. The zero-order chi connectivity index (χ0) is 21.9. The Bertz CT molecular complexity index is 1130. The number of aryl methyl sites for hydroxylation is 1. The van der Waals surface area contributed by atoms with Crippen molar-refractivity contribution in [2.24, 2.45) is 0 Å². The van der Waals surface area contributed by atoms with Crippen molar-refractivity contribution in [3.8, 4) is 11.5 Å². The van der Waals surface area contributed by atoms with Crippen LogP contribution in [0.25, 0.3) is 0 Å². The van der Waals surface area contributed by atoms with Crippen molar-refractivity contribution >= 4 is 25.7 Å². The molecule has 0 radical (unpaired) electrons. The molecule has 0 saturated carbocycles. The fraction of sp³-hybridized carbons (Fsp3) is 0.400. The highest BCUT2D eigenvalue weighted by Crippen LogP contribution is 2.29. The van der Waals surface area contributed by atoms with E-state index in [4.69, 9.17) is 9.47 Å². The molecule has 1 saturated heterocycles. The Morgan fingerprint density at radius 2 is 1.77 bits per heavy atom. The van der Waals surface area contributed by atoms with Gasteiger partial charge in [0, 0.05) is 13.1 Å². The fourth-order valence-electron chi connectivity index (χ4n) is 3.36. The van der Waals surface area contributed by atoms with Crippen LogP contribution in [0.2, 0.25) is 0 Å². The van der Waals surface area contributed by atoms with Gasteiger partial charge in [0.05, 0.1) is 30.6 Å². The van der Waals surface area contributed by atoms with Gasteiger partial charge in [0.2, 0.25) is 20.0 Å². The number of anilines is 1. The van der Waals surface area contributed by atoms with Crippen LogP contribution in [0.3, 0.4) is 0 Å². The average Bonchev–Trinajstić information content (AvgIpc) is 2.72. The minimum absolute atomic E-state index is 0.0500. The van der Waals surface area contributed by atoms with Crippen LogP contribution in [0.5, 0.6) is 11.5 Å². The summed E-state index contributed by atoms with van der Waals surface area (Å²) in [4.78, 5) is 0.0567. The molecule has 1 aliphatic heterocycles. The van der Waals surface area contributed by atoms with E-state index >= 15 is 0 Å². The summed E-state index contributed by atoms with van der Waals surface area (Å²) in [5.41, 5.74) is 1.60. The van der Waals surface area contributed by atoms with Gasteiger partial charge in [-0.1, -0.05) is 12.1 Å². The maximum absolute atomic E-state index is 13.0. The Kier molecular flexibility index (Phi) is 6.59. The van der Waals surface area contributed by atoms with Gasteiger partial charge in [-0.25, -0.2) is 21.6 Å². The maximum atomic E-state index is 13.0. The number of nitrogens with one attached hydrogen (secondary N) is 1. The Morgan fingerprint density at radius 3 is 2.43 bits per heavy atom. The molecule has 0 unspecified atom stereocenters. The first-order valence-electron chi connectivity index (χ1n) is 9.49. The summed E-state index contributed by atoms with van der Waals surface area (Å²) in [6, 6.07) is 9.85. The third-order valence-electron chi connectivity index (χ3n) is 5.01. The first-order valence-corrected chi connectivity index (χ1v) is 12.6. The van der Waals surface area contributed by atoms with E-state index in [2.05, 4.69) is 4.72 Å². The van der Waals surface area contributed by atoms with Crippen molar-refractivity contribution in [1.82, 2.24) is 4.72 Å². The van der Waals surface area contributed by atoms with E-state index in [1.54, 1.807) is 37.3 Å². The van der Waals surface area contributed by atoms with Crippen LogP contribution in [-0.2, 0) is 26.6 Å². The van der Waals surface area contributed by atoms with Gasteiger partial charge in [-0.3, -0.25) is 4.31 Å². The van der Waals surface area contributed by atoms with Gasteiger partial charge in [0.25, 0.3) is 0 Å². The second-order valence-electron chi connectivity index (χ2n) is 7.06. The Balaban J connectivity index is 1.85. The first-order chi connectivity index (χ1) is 14.2. The summed E-state index contributed by atoms with van der Waals surface area (Å²) in [6.07, 6.45) is 1.36. The summed E-state index contributed by atoms with van der Waals surface area (Å²) >= 11 is 0. The van der Waals surface area contributed by atoms with Crippen LogP contribution in [0.15, 0.2) is 41.3 Å². The molecule has 30 heavy (non-hydrogen) atoms. The molecule has 0 aliphatic carbocycles. The number of rotatable bonds is 7. The monoisotopic (exact) mass is 454 g/mol. The Hall–Kier alpha value is -2.30. The van der Waals surface area contributed by atoms with Gasteiger partial charge >= 0.3 is 0 Å². The second-order valence-corrected chi connectivity index (χ2v) is 10.8. The van der Waals surface area contributed by atoms with Crippen LogP contribution in [0, 0.1) is 6.92 Å². The largest absolute Gasteiger partial charge is 0.493 e. The number of nitrogens with zero attached hydrogens (tertiary/aromatic N) is 1. The Morgan fingerprint density at radius 1 is 1.03 bits per heavy atom. The van der Waals surface area contributed by atoms with E-state index in [1.807, 2.05) is 0 Å². The third-order valence-corrected chi connectivity index (χ3v) is 8.43. The van der Waals surface area contributed by atoms with E-state index < -0.39 is 20.0 Å². The first kappa shape index (κ1) is 22.4.